The van der Waals surface area contributed by atoms with Crippen LogP contribution >= 0.6 is 0 Å². The lowest BCUT2D eigenvalue weighted by Gasteiger charge is -2.11. The van der Waals surface area contributed by atoms with Gasteiger partial charge in [-0.2, -0.15) is 0 Å². The number of hydrogen-bond donors (Lipinski definition) is 3. The topological polar surface area (TPSA) is 75.7 Å². The number of phenols is 2. The first-order chi connectivity index (χ1) is 6.07. The first-order valence-corrected chi connectivity index (χ1v) is 3.92. The molecule has 0 heterocycles. The molecule has 1 atom stereocenters. The summed E-state index contributed by atoms with van der Waals surface area (Å²) in [6, 6.07) is 2.86. The third-order valence-electron chi connectivity index (χ3n) is 1.86. The number of nitrogens with two attached hydrogens (primary N) is 1. The number of rotatable bonds is 2. The van der Waals surface area contributed by atoms with Crippen LogP contribution in [0.25, 0.3) is 0 Å². The van der Waals surface area contributed by atoms with Crippen molar-refractivity contribution in [1.82, 2.24) is 0 Å². The van der Waals surface area contributed by atoms with E-state index in [2.05, 4.69) is 0 Å². The fraction of sp³-hybridized carbons (Fsp3) is 0.333. The van der Waals surface area contributed by atoms with E-state index >= 15 is 0 Å². The van der Waals surface area contributed by atoms with E-state index in [0.29, 0.717) is 5.56 Å². The molecule has 0 aliphatic heterocycles. The summed E-state index contributed by atoms with van der Waals surface area (Å²) in [5.41, 5.74) is 6.06. The van der Waals surface area contributed by atoms with E-state index in [1.54, 1.807) is 19.1 Å². The zero-order valence-electron chi connectivity index (χ0n) is 7.61. The molecule has 0 saturated carbocycles. The van der Waals surface area contributed by atoms with Gasteiger partial charge in [0.2, 0.25) is 5.75 Å². The van der Waals surface area contributed by atoms with Crippen LogP contribution in [0.2, 0.25) is 0 Å². The van der Waals surface area contributed by atoms with Crippen molar-refractivity contribution >= 4 is 0 Å². The van der Waals surface area contributed by atoms with Gasteiger partial charge in [-0.1, -0.05) is 0 Å². The minimum Gasteiger partial charge on any atom is -0.504 e. The lowest BCUT2D eigenvalue weighted by atomic mass is 10.1. The van der Waals surface area contributed by atoms with Crippen LogP contribution in [-0.4, -0.2) is 17.3 Å². The van der Waals surface area contributed by atoms with E-state index in [9.17, 15) is 10.2 Å². The van der Waals surface area contributed by atoms with Crippen LogP contribution in [-0.2, 0) is 0 Å². The smallest absolute Gasteiger partial charge is 0.200 e. The molecule has 0 unspecified atom stereocenters. The molecule has 0 spiro atoms. The molecule has 0 saturated heterocycles. The van der Waals surface area contributed by atoms with E-state index in [-0.39, 0.29) is 23.3 Å². The molecule has 4 heteroatoms. The Morgan fingerprint density at radius 1 is 1.31 bits per heavy atom. The molecule has 0 amide bonds. The van der Waals surface area contributed by atoms with Gasteiger partial charge < -0.3 is 20.7 Å². The van der Waals surface area contributed by atoms with Crippen molar-refractivity contribution in [1.29, 1.82) is 0 Å². The van der Waals surface area contributed by atoms with Crippen molar-refractivity contribution < 1.29 is 14.9 Å². The maximum Gasteiger partial charge on any atom is 0.200 e. The third-order valence-corrected chi connectivity index (χ3v) is 1.86. The number of hydrogen-bond acceptors (Lipinski definition) is 4. The van der Waals surface area contributed by atoms with Crippen molar-refractivity contribution in [3.05, 3.63) is 17.7 Å². The summed E-state index contributed by atoms with van der Waals surface area (Å²) >= 11 is 0. The van der Waals surface area contributed by atoms with Gasteiger partial charge >= 0.3 is 0 Å². The number of benzene rings is 1. The van der Waals surface area contributed by atoms with E-state index in [1.807, 2.05) is 0 Å². The number of aromatic hydroxyl groups is 2. The van der Waals surface area contributed by atoms with Crippen LogP contribution in [0.3, 0.4) is 0 Å². The molecule has 4 nitrogen and oxygen atoms in total. The lowest BCUT2D eigenvalue weighted by Crippen LogP contribution is -2.05. The van der Waals surface area contributed by atoms with Crippen molar-refractivity contribution in [3.63, 3.8) is 0 Å². The molecule has 1 aromatic carbocycles. The average Bonchev–Trinajstić information content (AvgIpc) is 2.09. The van der Waals surface area contributed by atoms with Crippen LogP contribution in [0.5, 0.6) is 17.2 Å². The first-order valence-electron chi connectivity index (χ1n) is 3.92. The summed E-state index contributed by atoms with van der Waals surface area (Å²) in [5.74, 6) is -0.242. The predicted octanol–water partition coefficient (Wildman–Crippen LogP) is 1.13. The minimum absolute atomic E-state index is 0.214. The Labute approximate surface area is 76.6 Å². The highest BCUT2D eigenvalue weighted by Gasteiger charge is 2.13. The van der Waals surface area contributed by atoms with Gasteiger partial charge in [0, 0.05) is 11.6 Å². The third kappa shape index (κ3) is 1.67. The van der Waals surface area contributed by atoms with Crippen molar-refractivity contribution in [3.8, 4) is 17.2 Å². The highest BCUT2D eigenvalue weighted by Crippen LogP contribution is 2.39. The molecule has 13 heavy (non-hydrogen) atoms. The standard InChI is InChI=1S/C9H13NO3/c1-5(10)6-3-4-7(13-2)9(12)8(6)11/h3-5,11-12H,10H2,1-2H3/t5-/m1/s1. The molecule has 0 bridgehead atoms. The zero-order valence-corrected chi connectivity index (χ0v) is 7.61. The molecular formula is C9H13NO3. The van der Waals surface area contributed by atoms with Crippen molar-refractivity contribution in [2.45, 2.75) is 13.0 Å². The lowest BCUT2D eigenvalue weighted by molar-refractivity contribution is 0.348. The normalized spacial score (nSPS) is 12.5. The van der Waals surface area contributed by atoms with Gasteiger partial charge in [0.25, 0.3) is 0 Å². The Hall–Kier alpha value is -1.42. The Morgan fingerprint density at radius 2 is 1.92 bits per heavy atom. The first kappa shape index (κ1) is 9.67. The largest absolute Gasteiger partial charge is 0.504 e. The van der Waals surface area contributed by atoms with Gasteiger partial charge in [-0.05, 0) is 19.1 Å². The Kier molecular flexibility index (Phi) is 2.63. The number of methoxy groups -OCH3 is 1. The van der Waals surface area contributed by atoms with Crippen LogP contribution in [0, 0.1) is 0 Å². The molecular weight excluding hydrogens is 170 g/mol. The molecule has 0 aliphatic rings. The second-order valence-electron chi connectivity index (χ2n) is 2.84. The molecule has 72 valence electrons. The quantitative estimate of drug-likeness (QED) is 0.601. The van der Waals surface area contributed by atoms with Gasteiger partial charge in [-0.3, -0.25) is 0 Å². The van der Waals surface area contributed by atoms with Crippen LogP contribution in [0.15, 0.2) is 12.1 Å². The maximum absolute atomic E-state index is 9.47. The molecule has 0 aliphatic carbocycles. The van der Waals surface area contributed by atoms with Crippen LogP contribution < -0.4 is 10.5 Å². The highest BCUT2D eigenvalue weighted by molar-refractivity contribution is 5.54. The van der Waals surface area contributed by atoms with E-state index in [0.717, 1.165) is 0 Å². The molecule has 0 aromatic heterocycles. The maximum atomic E-state index is 9.47. The SMILES string of the molecule is COc1ccc([C@@H](C)N)c(O)c1O. The van der Waals surface area contributed by atoms with Gasteiger partial charge in [0.1, 0.15) is 0 Å². The Morgan fingerprint density at radius 3 is 2.38 bits per heavy atom. The molecule has 1 aromatic rings. The fourth-order valence-electron chi connectivity index (χ4n) is 1.11. The number of phenolic OH excluding ortho intramolecular Hbond substituents is 2. The summed E-state index contributed by atoms with van der Waals surface area (Å²) in [7, 11) is 1.42. The summed E-state index contributed by atoms with van der Waals surface area (Å²) in [4.78, 5) is 0. The van der Waals surface area contributed by atoms with Crippen molar-refractivity contribution in [2.24, 2.45) is 5.73 Å². The molecule has 4 N–H and O–H groups in total. The molecule has 0 fully saturated rings. The molecule has 1 rings (SSSR count). The Balaban J connectivity index is 3.23. The predicted molar refractivity (Wildman–Crippen MR) is 48.9 cm³/mol. The minimum atomic E-state index is -0.322. The van der Waals surface area contributed by atoms with Gasteiger partial charge in [-0.25, -0.2) is 0 Å². The summed E-state index contributed by atoms with van der Waals surface area (Å²) in [6.07, 6.45) is 0. The van der Waals surface area contributed by atoms with Gasteiger partial charge in [0.15, 0.2) is 11.5 Å². The van der Waals surface area contributed by atoms with Crippen LogP contribution in [0.4, 0.5) is 0 Å². The van der Waals surface area contributed by atoms with Gasteiger partial charge in [0.05, 0.1) is 7.11 Å². The summed E-state index contributed by atoms with van der Waals surface area (Å²) in [6.45, 7) is 1.72. The van der Waals surface area contributed by atoms with Crippen molar-refractivity contribution in [2.75, 3.05) is 7.11 Å². The monoisotopic (exact) mass is 183 g/mol. The highest BCUT2D eigenvalue weighted by atomic mass is 16.5. The zero-order chi connectivity index (χ0) is 10.0. The number of ether oxygens (including phenoxy) is 1. The van der Waals surface area contributed by atoms with Crippen LogP contribution in [0.1, 0.15) is 18.5 Å². The van der Waals surface area contributed by atoms with E-state index < -0.39 is 0 Å². The van der Waals surface area contributed by atoms with E-state index in [4.69, 9.17) is 10.5 Å². The second-order valence-corrected chi connectivity index (χ2v) is 2.84. The second kappa shape index (κ2) is 3.53. The summed E-state index contributed by atoms with van der Waals surface area (Å²) < 4.78 is 4.81. The summed E-state index contributed by atoms with van der Waals surface area (Å²) in [5, 5.41) is 18.9. The van der Waals surface area contributed by atoms with E-state index in [1.165, 1.54) is 7.11 Å². The molecule has 0 radical (unpaired) electrons. The van der Waals surface area contributed by atoms with Gasteiger partial charge in [-0.15, -0.1) is 0 Å². The Bertz CT molecular complexity index is 310. The average molecular weight is 183 g/mol. The fourth-order valence-corrected chi connectivity index (χ4v) is 1.11.